The number of aryl methyl sites for hydroxylation is 1. The number of fused-ring (bicyclic) bond motifs is 1. The summed E-state index contributed by atoms with van der Waals surface area (Å²) in [7, 11) is 0. The van der Waals surface area contributed by atoms with E-state index in [0.717, 1.165) is 5.82 Å². The molecule has 2 aromatic heterocycles. The molecule has 20 heavy (non-hydrogen) atoms. The van der Waals surface area contributed by atoms with E-state index in [1.54, 1.807) is 6.07 Å². The number of aromatic amines is 2. The first kappa shape index (κ1) is 12.9. The Hall–Kier alpha value is -2.15. The van der Waals surface area contributed by atoms with Crippen molar-refractivity contribution in [3.8, 4) is 0 Å². The van der Waals surface area contributed by atoms with E-state index in [0.29, 0.717) is 21.9 Å². The van der Waals surface area contributed by atoms with Gasteiger partial charge in [-0.2, -0.15) is 0 Å². The Balaban J connectivity index is 1.95. The van der Waals surface area contributed by atoms with Crippen LogP contribution in [-0.4, -0.2) is 25.1 Å². The maximum Gasteiger partial charge on any atom is 0.258 e. The first-order valence-electron chi connectivity index (χ1n) is 6.18. The fourth-order valence-corrected chi connectivity index (χ4v) is 2.71. The number of hydrogen-bond acceptors (Lipinski definition) is 5. The van der Waals surface area contributed by atoms with Crippen molar-refractivity contribution >= 4 is 22.7 Å². The molecule has 0 amide bonds. The smallest absolute Gasteiger partial charge is 0.258 e. The highest BCUT2D eigenvalue weighted by atomic mass is 32.2. The molecule has 0 aliphatic rings. The van der Waals surface area contributed by atoms with Crippen LogP contribution in [0.5, 0.6) is 0 Å². The molecule has 102 valence electrons. The van der Waals surface area contributed by atoms with Gasteiger partial charge in [0.15, 0.2) is 0 Å². The Morgan fingerprint density at radius 3 is 2.80 bits per heavy atom. The molecule has 0 fully saturated rings. The average Bonchev–Trinajstić information content (AvgIpc) is 2.84. The van der Waals surface area contributed by atoms with Crippen LogP contribution in [0.2, 0.25) is 0 Å². The number of rotatable bonds is 3. The van der Waals surface area contributed by atoms with Crippen LogP contribution in [0.4, 0.5) is 0 Å². The molecule has 0 saturated heterocycles. The predicted molar refractivity (Wildman–Crippen MR) is 77.8 cm³/mol. The van der Waals surface area contributed by atoms with Gasteiger partial charge in [0.2, 0.25) is 5.16 Å². The average molecular weight is 287 g/mol. The second-order valence-corrected chi connectivity index (χ2v) is 5.74. The zero-order valence-electron chi connectivity index (χ0n) is 11.0. The van der Waals surface area contributed by atoms with Crippen LogP contribution < -0.4 is 5.56 Å². The Kier molecular flexibility index (Phi) is 3.27. The van der Waals surface area contributed by atoms with Gasteiger partial charge in [0.1, 0.15) is 11.6 Å². The van der Waals surface area contributed by atoms with Crippen molar-refractivity contribution < 1.29 is 0 Å². The van der Waals surface area contributed by atoms with Crippen molar-refractivity contribution in [3.63, 3.8) is 0 Å². The van der Waals surface area contributed by atoms with Gasteiger partial charge in [-0.15, -0.1) is 5.10 Å². The van der Waals surface area contributed by atoms with Crippen LogP contribution in [0.25, 0.3) is 10.9 Å². The molecule has 0 unspecified atom stereocenters. The molecular weight excluding hydrogens is 274 g/mol. The van der Waals surface area contributed by atoms with E-state index in [2.05, 4.69) is 25.1 Å². The Bertz CT molecular complexity index is 810. The molecule has 0 saturated carbocycles. The molecule has 0 aliphatic heterocycles. The zero-order valence-corrected chi connectivity index (χ0v) is 11.9. The van der Waals surface area contributed by atoms with Crippen molar-refractivity contribution in [3.05, 3.63) is 46.3 Å². The molecule has 6 nitrogen and oxygen atoms in total. The molecule has 3 rings (SSSR count). The summed E-state index contributed by atoms with van der Waals surface area (Å²) in [5.74, 6) is 1.39. The third-order valence-electron chi connectivity index (χ3n) is 2.88. The third kappa shape index (κ3) is 2.44. The van der Waals surface area contributed by atoms with Gasteiger partial charge in [-0.1, -0.05) is 23.9 Å². The van der Waals surface area contributed by atoms with Crippen LogP contribution in [0.1, 0.15) is 23.8 Å². The lowest BCUT2D eigenvalue weighted by Crippen LogP contribution is -2.12. The lowest BCUT2D eigenvalue weighted by Gasteiger charge is -2.08. The highest BCUT2D eigenvalue weighted by Gasteiger charge is 2.14. The van der Waals surface area contributed by atoms with E-state index in [-0.39, 0.29) is 10.8 Å². The Morgan fingerprint density at radius 2 is 2.05 bits per heavy atom. The second-order valence-electron chi connectivity index (χ2n) is 4.43. The van der Waals surface area contributed by atoms with Crippen molar-refractivity contribution in [1.82, 2.24) is 25.1 Å². The number of nitrogens with zero attached hydrogens (tertiary/aromatic N) is 3. The molecule has 2 N–H and O–H groups in total. The topological polar surface area (TPSA) is 87.3 Å². The fraction of sp³-hybridized carbons (Fsp3) is 0.231. The van der Waals surface area contributed by atoms with Gasteiger partial charge in [0, 0.05) is 0 Å². The minimum atomic E-state index is -0.121. The summed E-state index contributed by atoms with van der Waals surface area (Å²) in [6.07, 6.45) is 0. The van der Waals surface area contributed by atoms with Crippen molar-refractivity contribution in [1.29, 1.82) is 0 Å². The monoisotopic (exact) mass is 287 g/mol. The molecule has 1 aromatic carbocycles. The van der Waals surface area contributed by atoms with Gasteiger partial charge in [-0.3, -0.25) is 9.89 Å². The highest BCUT2D eigenvalue weighted by molar-refractivity contribution is 7.99. The minimum Gasteiger partial charge on any atom is -0.309 e. The maximum absolute atomic E-state index is 12.0. The molecule has 0 spiro atoms. The van der Waals surface area contributed by atoms with Crippen molar-refractivity contribution in [2.45, 2.75) is 24.3 Å². The van der Waals surface area contributed by atoms with Crippen LogP contribution in [0.15, 0.2) is 34.2 Å². The van der Waals surface area contributed by atoms with E-state index in [4.69, 9.17) is 0 Å². The van der Waals surface area contributed by atoms with E-state index < -0.39 is 0 Å². The van der Waals surface area contributed by atoms with Gasteiger partial charge in [-0.05, 0) is 26.0 Å². The second kappa shape index (κ2) is 5.09. The summed E-state index contributed by atoms with van der Waals surface area (Å²) in [5.41, 5.74) is 0.578. The number of para-hydroxylation sites is 1. The quantitative estimate of drug-likeness (QED) is 0.721. The van der Waals surface area contributed by atoms with Crippen molar-refractivity contribution in [2.24, 2.45) is 0 Å². The number of thioether (sulfide) groups is 1. The summed E-state index contributed by atoms with van der Waals surface area (Å²) in [4.78, 5) is 23.6. The summed E-state index contributed by atoms with van der Waals surface area (Å²) in [5, 5.41) is 8.07. The third-order valence-corrected chi connectivity index (χ3v) is 3.85. The maximum atomic E-state index is 12.0. The van der Waals surface area contributed by atoms with Gasteiger partial charge in [-0.25, -0.2) is 9.97 Å². The van der Waals surface area contributed by atoms with Crippen LogP contribution >= 0.6 is 11.8 Å². The van der Waals surface area contributed by atoms with Crippen LogP contribution in [0.3, 0.4) is 0 Å². The number of H-pyrrole nitrogens is 2. The molecule has 1 atom stereocenters. The minimum absolute atomic E-state index is 0.0393. The lowest BCUT2D eigenvalue weighted by molar-refractivity contribution is 0.904. The summed E-state index contributed by atoms with van der Waals surface area (Å²) >= 11 is 1.45. The number of nitrogens with one attached hydrogen (secondary N) is 2. The SMILES string of the molecule is Cc1nc(S[C@@H](C)c2nc3ccccc3c(=O)[nH]2)n[nH]1. The van der Waals surface area contributed by atoms with Crippen LogP contribution in [-0.2, 0) is 0 Å². The number of benzene rings is 1. The van der Waals surface area contributed by atoms with Gasteiger partial charge >= 0.3 is 0 Å². The van der Waals surface area contributed by atoms with Gasteiger partial charge in [0.05, 0.1) is 16.2 Å². The predicted octanol–water partition coefficient (Wildman–Crippen LogP) is 2.20. The van der Waals surface area contributed by atoms with E-state index in [1.165, 1.54) is 11.8 Å². The molecule has 0 aliphatic carbocycles. The first-order chi connectivity index (χ1) is 9.63. The Morgan fingerprint density at radius 1 is 1.25 bits per heavy atom. The number of hydrogen-bond donors (Lipinski definition) is 2. The number of aromatic nitrogens is 5. The zero-order chi connectivity index (χ0) is 14.1. The largest absolute Gasteiger partial charge is 0.309 e. The molecule has 0 bridgehead atoms. The molecule has 0 radical (unpaired) electrons. The van der Waals surface area contributed by atoms with Crippen LogP contribution in [0, 0.1) is 6.92 Å². The molecule has 3 aromatic rings. The summed E-state index contributed by atoms with van der Waals surface area (Å²) < 4.78 is 0. The molecule has 7 heteroatoms. The van der Waals surface area contributed by atoms with E-state index >= 15 is 0 Å². The molecule has 2 heterocycles. The summed E-state index contributed by atoms with van der Waals surface area (Å²) in [6, 6.07) is 7.30. The standard InChI is InChI=1S/C13H13N5OS/c1-7(20-13-14-8(2)17-18-13)11-15-10-6-4-3-5-9(10)12(19)16-11/h3-7H,1-2H3,(H,14,17,18)(H,15,16,19)/t7-/m0/s1. The van der Waals surface area contributed by atoms with Crippen molar-refractivity contribution in [2.75, 3.05) is 0 Å². The van der Waals surface area contributed by atoms with Gasteiger partial charge in [0.25, 0.3) is 5.56 Å². The normalized spacial score (nSPS) is 12.7. The molecular formula is C13H13N5OS. The van der Waals surface area contributed by atoms with E-state index in [1.807, 2.05) is 32.0 Å². The lowest BCUT2D eigenvalue weighted by atomic mass is 10.2. The highest BCUT2D eigenvalue weighted by Crippen LogP contribution is 2.30. The summed E-state index contributed by atoms with van der Waals surface area (Å²) in [6.45, 7) is 3.81. The first-order valence-corrected chi connectivity index (χ1v) is 7.06. The Labute approximate surface area is 119 Å². The fourth-order valence-electron chi connectivity index (χ4n) is 1.89. The van der Waals surface area contributed by atoms with E-state index in [9.17, 15) is 4.79 Å². The van der Waals surface area contributed by atoms with Gasteiger partial charge < -0.3 is 4.98 Å².